The molecule has 0 spiro atoms. The number of aromatic nitrogens is 2. The molecule has 1 fully saturated rings. The van der Waals surface area contributed by atoms with Gasteiger partial charge in [0.05, 0.1) is 55.2 Å². The molecule has 2 aliphatic heterocycles. The number of aryl methyl sites for hydroxylation is 1. The van der Waals surface area contributed by atoms with E-state index >= 15 is 13.2 Å². The number of para-hydroxylation sites is 1. The molecule has 4 atom stereocenters. The molecule has 1 saturated heterocycles. The lowest BCUT2D eigenvalue weighted by Gasteiger charge is -2.43. The van der Waals surface area contributed by atoms with Crippen LogP contribution in [0.1, 0.15) is 88.5 Å². The van der Waals surface area contributed by atoms with Gasteiger partial charge in [-0.25, -0.2) is 18.2 Å². The van der Waals surface area contributed by atoms with Crippen molar-refractivity contribution in [2.24, 2.45) is 5.41 Å². The molecular weight excluding hydrogens is 910 g/mol. The Morgan fingerprint density at radius 2 is 1.59 bits per heavy atom. The number of hydrogen-bond donors (Lipinski definition) is 3. The standard InChI is InChI=1S/C52H65F3N6O7S/c1-32-25-38-37-11-8-9-12-41(37)58-45(38)46(61(32)30-52(6,7)55)44-39(53)26-36(27-40(44)54)68-24-23-66-20-19-65-21-22-67-29-43(62)59-48(51(3,4)5)50(64)60-18-10-13-42(60)49(63)56-28-34-14-16-35(17-15-34)47-33(2)57-31-69-47/h8-9,11-12,14-17,26-27,31-32,42,46,48,58H,10,13,18-25,28-30H2,1-7H3,(H,56,63)(H,59,62)/t32-,42+,46-,48-/m1/s1. The fourth-order valence-corrected chi connectivity index (χ4v) is 10.0. The minimum absolute atomic E-state index is 0.00539. The van der Waals surface area contributed by atoms with Crippen molar-refractivity contribution in [2.45, 2.75) is 104 Å². The summed E-state index contributed by atoms with van der Waals surface area (Å²) in [5, 5.41) is 6.82. The maximum absolute atomic E-state index is 16.0. The van der Waals surface area contributed by atoms with Gasteiger partial charge >= 0.3 is 0 Å². The van der Waals surface area contributed by atoms with E-state index in [1.165, 1.54) is 13.8 Å². The average Bonchev–Trinajstić information content (AvgIpc) is 4.05. The second-order valence-corrected chi connectivity index (χ2v) is 20.4. The van der Waals surface area contributed by atoms with E-state index in [4.69, 9.17) is 18.9 Å². The first kappa shape index (κ1) is 51.5. The predicted octanol–water partition coefficient (Wildman–Crippen LogP) is 8.23. The number of nitrogens with zero attached hydrogens (tertiary/aromatic N) is 3. The van der Waals surface area contributed by atoms with Gasteiger partial charge in [0.25, 0.3) is 0 Å². The van der Waals surface area contributed by atoms with E-state index in [9.17, 15) is 14.4 Å². The Hall–Kier alpha value is -5.33. The first-order valence-corrected chi connectivity index (χ1v) is 24.5. The van der Waals surface area contributed by atoms with Crippen molar-refractivity contribution in [2.75, 3.05) is 59.3 Å². The fraction of sp³-hybridized carbons (Fsp3) is 0.500. The maximum atomic E-state index is 16.0. The molecule has 3 aromatic carbocycles. The molecule has 13 nitrogen and oxygen atoms in total. The number of benzene rings is 3. The lowest BCUT2D eigenvalue weighted by Crippen LogP contribution is -2.58. The van der Waals surface area contributed by atoms with Crippen molar-refractivity contribution in [3.8, 4) is 16.2 Å². The summed E-state index contributed by atoms with van der Waals surface area (Å²) in [6, 6.07) is 15.4. The highest BCUT2D eigenvalue weighted by molar-refractivity contribution is 7.13. The molecular formula is C52H65F3N6O7S. The molecule has 0 unspecified atom stereocenters. The van der Waals surface area contributed by atoms with Crippen molar-refractivity contribution in [1.29, 1.82) is 0 Å². The number of nitrogens with one attached hydrogen (secondary N) is 3. The van der Waals surface area contributed by atoms with Crippen molar-refractivity contribution >= 4 is 40.0 Å². The fourth-order valence-electron chi connectivity index (χ4n) is 9.21. The quantitative estimate of drug-likeness (QED) is 0.0619. The normalized spacial score (nSPS) is 18.1. The van der Waals surface area contributed by atoms with Crippen LogP contribution in [0.4, 0.5) is 13.2 Å². The molecule has 0 radical (unpaired) electrons. The van der Waals surface area contributed by atoms with Gasteiger partial charge in [-0.15, -0.1) is 11.3 Å². The first-order chi connectivity index (χ1) is 32.9. The highest BCUT2D eigenvalue weighted by atomic mass is 32.1. The number of hydrogen-bond acceptors (Lipinski definition) is 10. The topological polar surface area (TPSA) is 147 Å². The number of alkyl halides is 1. The van der Waals surface area contributed by atoms with Crippen LogP contribution in [0.25, 0.3) is 21.3 Å². The molecule has 4 heterocycles. The van der Waals surface area contributed by atoms with E-state index in [0.717, 1.165) is 50.3 Å². The molecule has 3 amide bonds. The van der Waals surface area contributed by atoms with Gasteiger partial charge in [-0.2, -0.15) is 0 Å². The number of thiazole rings is 1. The van der Waals surface area contributed by atoms with Gasteiger partial charge in [0.2, 0.25) is 17.7 Å². The van der Waals surface area contributed by atoms with Crippen LogP contribution in [0.3, 0.4) is 0 Å². The van der Waals surface area contributed by atoms with Crippen LogP contribution in [0.15, 0.2) is 66.2 Å². The molecule has 2 aromatic heterocycles. The van der Waals surface area contributed by atoms with Crippen LogP contribution in [0, 0.1) is 24.0 Å². The van der Waals surface area contributed by atoms with Gasteiger partial charge in [-0.1, -0.05) is 63.2 Å². The molecule has 7 rings (SSSR count). The second kappa shape index (κ2) is 22.6. The third kappa shape index (κ3) is 12.9. The Balaban J connectivity index is 0.800. The zero-order valence-electron chi connectivity index (χ0n) is 40.6. The van der Waals surface area contributed by atoms with Gasteiger partial charge in [0, 0.05) is 60.0 Å². The predicted molar refractivity (Wildman–Crippen MR) is 260 cm³/mol. The number of H-pyrrole nitrogens is 1. The molecule has 5 aromatic rings. The summed E-state index contributed by atoms with van der Waals surface area (Å²) in [4.78, 5) is 52.5. The molecule has 2 aliphatic rings. The second-order valence-electron chi connectivity index (χ2n) is 19.6. The van der Waals surface area contributed by atoms with Crippen molar-refractivity contribution < 1.29 is 46.5 Å². The number of carbonyl (C=O) groups excluding carboxylic acids is 3. The summed E-state index contributed by atoms with van der Waals surface area (Å²) < 4.78 is 69.5. The maximum Gasteiger partial charge on any atom is 0.246 e. The Morgan fingerprint density at radius 3 is 2.25 bits per heavy atom. The summed E-state index contributed by atoms with van der Waals surface area (Å²) >= 11 is 1.58. The van der Waals surface area contributed by atoms with E-state index in [1.54, 1.807) is 16.2 Å². The number of aromatic amines is 1. The zero-order chi connectivity index (χ0) is 49.5. The Morgan fingerprint density at radius 1 is 0.928 bits per heavy atom. The molecule has 0 aliphatic carbocycles. The summed E-state index contributed by atoms with van der Waals surface area (Å²) in [6.45, 7) is 13.8. The van der Waals surface area contributed by atoms with E-state index < -0.39 is 46.8 Å². The van der Waals surface area contributed by atoms with Crippen LogP contribution in [0.2, 0.25) is 0 Å². The number of rotatable bonds is 21. The highest BCUT2D eigenvalue weighted by Crippen LogP contribution is 2.44. The molecule has 0 saturated carbocycles. The van der Waals surface area contributed by atoms with Gasteiger partial charge in [0.1, 0.15) is 48.4 Å². The third-order valence-corrected chi connectivity index (χ3v) is 13.5. The van der Waals surface area contributed by atoms with Crippen molar-refractivity contribution in [3.05, 3.63) is 106 Å². The van der Waals surface area contributed by atoms with Crippen LogP contribution in [0.5, 0.6) is 5.75 Å². The number of halogens is 3. The third-order valence-electron chi connectivity index (χ3n) is 12.6. The zero-order valence-corrected chi connectivity index (χ0v) is 41.4. The number of carbonyl (C=O) groups is 3. The van der Waals surface area contributed by atoms with Gasteiger partial charge < -0.3 is 39.5 Å². The van der Waals surface area contributed by atoms with Crippen LogP contribution < -0.4 is 15.4 Å². The van der Waals surface area contributed by atoms with Crippen LogP contribution >= 0.6 is 11.3 Å². The number of fused-ring (bicyclic) bond motifs is 3. The van der Waals surface area contributed by atoms with Crippen LogP contribution in [-0.4, -0.2) is 121 Å². The molecule has 3 N–H and O–H groups in total. The smallest absolute Gasteiger partial charge is 0.246 e. The van der Waals surface area contributed by atoms with E-state index in [2.05, 4.69) is 20.6 Å². The average molecular weight is 975 g/mol. The Kier molecular flexibility index (Phi) is 16.9. The minimum Gasteiger partial charge on any atom is -0.491 e. The molecule has 69 heavy (non-hydrogen) atoms. The Labute approximate surface area is 406 Å². The number of likely N-dealkylation sites (tertiary alicyclic amines) is 1. The number of ether oxygens (including phenoxy) is 4. The van der Waals surface area contributed by atoms with Crippen LogP contribution in [-0.2, 0) is 41.6 Å². The van der Waals surface area contributed by atoms with E-state index in [0.29, 0.717) is 38.0 Å². The van der Waals surface area contributed by atoms with Crippen molar-refractivity contribution in [1.82, 2.24) is 30.4 Å². The van der Waals surface area contributed by atoms with E-state index in [-0.39, 0.29) is 82.0 Å². The first-order valence-electron chi connectivity index (χ1n) is 23.7. The largest absolute Gasteiger partial charge is 0.491 e. The minimum atomic E-state index is -1.61. The summed E-state index contributed by atoms with van der Waals surface area (Å²) in [6.07, 6.45) is 1.81. The molecule has 372 valence electrons. The van der Waals surface area contributed by atoms with Crippen molar-refractivity contribution in [3.63, 3.8) is 0 Å². The number of amides is 3. The summed E-state index contributed by atoms with van der Waals surface area (Å²) in [5.41, 5.74) is 4.87. The van der Waals surface area contributed by atoms with Gasteiger partial charge in [0.15, 0.2) is 0 Å². The van der Waals surface area contributed by atoms with Gasteiger partial charge in [-0.05, 0) is 75.1 Å². The molecule has 17 heteroatoms. The SMILES string of the molecule is Cc1ncsc1-c1ccc(CNC(=O)[C@@H]2CCCN2C(=O)[C@@H](NC(=O)COCCOCCOCCOc2cc(F)c([C@@H]3c4[nH]c5ccccc5c4C[C@@H](C)N3CC(C)(C)F)c(F)c2)C(C)(C)C)cc1. The Bertz CT molecular complexity index is 2530. The monoisotopic (exact) mass is 974 g/mol. The summed E-state index contributed by atoms with van der Waals surface area (Å²) in [5.74, 6) is -2.59. The highest BCUT2D eigenvalue weighted by Gasteiger charge is 2.43. The lowest BCUT2D eigenvalue weighted by atomic mass is 9.85. The molecule has 0 bridgehead atoms. The lowest BCUT2D eigenvalue weighted by molar-refractivity contribution is -0.144. The van der Waals surface area contributed by atoms with Gasteiger partial charge in [-0.3, -0.25) is 19.3 Å². The van der Waals surface area contributed by atoms with E-state index in [1.807, 2.05) is 93.6 Å². The summed E-state index contributed by atoms with van der Waals surface area (Å²) in [7, 11) is 0.